The number of carboxylic acids is 1. The van der Waals surface area contributed by atoms with Crippen LogP contribution in [-0.4, -0.2) is 47.6 Å². The molecule has 43 heavy (non-hydrogen) atoms. The Labute approximate surface area is 254 Å². The number of carbonyl (C=O) groups is 5. The molecule has 2 aliphatic rings. The Bertz CT molecular complexity index is 1200. The zero-order valence-electron chi connectivity index (χ0n) is 25.7. The second kappa shape index (κ2) is 16.5. The molecule has 2 saturated carbocycles. The number of rotatable bonds is 17. The highest BCUT2D eigenvalue weighted by atomic mass is 16.5. The smallest absolute Gasteiger partial charge is 0.336 e. The van der Waals surface area contributed by atoms with E-state index < -0.39 is 40.6 Å². The van der Waals surface area contributed by atoms with Crippen molar-refractivity contribution in [3.05, 3.63) is 59.7 Å². The van der Waals surface area contributed by atoms with Gasteiger partial charge in [-0.15, -0.1) is 0 Å². The van der Waals surface area contributed by atoms with Gasteiger partial charge in [0.05, 0.1) is 24.2 Å². The first-order valence-electron chi connectivity index (χ1n) is 15.5. The number of allylic oxidation sites excluding steroid dienone is 4. The van der Waals surface area contributed by atoms with Gasteiger partial charge in [-0.2, -0.15) is 0 Å². The van der Waals surface area contributed by atoms with Gasteiger partial charge in [-0.05, 0) is 89.2 Å². The quantitative estimate of drug-likeness (QED) is 0.0963. The molecule has 2 unspecified atom stereocenters. The lowest BCUT2D eigenvalue weighted by molar-refractivity contribution is -0.153. The molecule has 1 aromatic rings. The van der Waals surface area contributed by atoms with Gasteiger partial charge >= 0.3 is 11.9 Å². The van der Waals surface area contributed by atoms with Crippen LogP contribution in [-0.2, 0) is 35.3 Å². The monoisotopic (exact) mass is 594 g/mol. The van der Waals surface area contributed by atoms with Gasteiger partial charge in [0, 0.05) is 18.4 Å². The van der Waals surface area contributed by atoms with Crippen LogP contribution >= 0.6 is 0 Å². The summed E-state index contributed by atoms with van der Waals surface area (Å²) in [6, 6.07) is 6.79. The van der Waals surface area contributed by atoms with Gasteiger partial charge in [0.1, 0.15) is 0 Å². The molecular formula is C35H46O8. The number of fused-ring (bicyclic) bond motifs is 2. The van der Waals surface area contributed by atoms with Crippen molar-refractivity contribution in [1.29, 1.82) is 0 Å². The Morgan fingerprint density at radius 1 is 0.884 bits per heavy atom. The first-order chi connectivity index (χ1) is 20.5. The third-order valence-electron chi connectivity index (χ3n) is 8.31. The van der Waals surface area contributed by atoms with Crippen molar-refractivity contribution in [2.45, 2.75) is 85.2 Å². The second-order valence-electron chi connectivity index (χ2n) is 12.6. The third-order valence-corrected chi connectivity index (χ3v) is 8.31. The van der Waals surface area contributed by atoms with E-state index in [9.17, 15) is 29.1 Å². The molecule has 2 bridgehead atoms. The fourth-order valence-electron chi connectivity index (χ4n) is 5.88. The molecule has 8 nitrogen and oxygen atoms in total. The Morgan fingerprint density at radius 2 is 1.58 bits per heavy atom. The van der Waals surface area contributed by atoms with Crippen LogP contribution in [0.15, 0.2) is 48.6 Å². The maximum absolute atomic E-state index is 12.6. The molecule has 2 fully saturated rings. The van der Waals surface area contributed by atoms with E-state index in [2.05, 4.69) is 12.2 Å². The summed E-state index contributed by atoms with van der Waals surface area (Å²) < 4.78 is 11.0. The first-order valence-corrected chi connectivity index (χ1v) is 15.5. The number of carboxylic acid groups (broad SMARTS) is 1. The van der Waals surface area contributed by atoms with Crippen LogP contribution in [0.25, 0.3) is 0 Å². The molecule has 0 spiro atoms. The van der Waals surface area contributed by atoms with E-state index >= 15 is 0 Å². The van der Waals surface area contributed by atoms with Gasteiger partial charge in [0.25, 0.3) is 5.78 Å². The van der Waals surface area contributed by atoms with Crippen LogP contribution in [0, 0.1) is 29.1 Å². The number of hydrogen-bond acceptors (Lipinski definition) is 7. The number of carbonyl (C=O) groups excluding carboxylic acids is 4. The maximum atomic E-state index is 12.6. The van der Waals surface area contributed by atoms with Crippen molar-refractivity contribution in [3.8, 4) is 0 Å². The van der Waals surface area contributed by atoms with Gasteiger partial charge in [0.2, 0.25) is 11.6 Å². The van der Waals surface area contributed by atoms with Gasteiger partial charge in [-0.3, -0.25) is 19.2 Å². The summed E-state index contributed by atoms with van der Waals surface area (Å²) in [5.41, 5.74) is 0.405. The molecule has 0 saturated heterocycles. The lowest BCUT2D eigenvalue weighted by Gasteiger charge is -2.19. The molecule has 3 rings (SSSR count). The summed E-state index contributed by atoms with van der Waals surface area (Å²) in [6.07, 6.45) is 15.5. The van der Waals surface area contributed by atoms with E-state index in [1.165, 1.54) is 0 Å². The molecular weight excluding hydrogens is 548 g/mol. The van der Waals surface area contributed by atoms with Crippen LogP contribution in [0.5, 0.6) is 0 Å². The van der Waals surface area contributed by atoms with Crippen LogP contribution in [0.1, 0.15) is 94.5 Å². The van der Waals surface area contributed by atoms with Crippen molar-refractivity contribution < 1.29 is 38.6 Å². The Morgan fingerprint density at radius 3 is 2.33 bits per heavy atom. The topological polar surface area (TPSA) is 124 Å². The summed E-state index contributed by atoms with van der Waals surface area (Å²) >= 11 is 0. The molecule has 0 radical (unpaired) electrons. The minimum absolute atomic E-state index is 0.0679. The van der Waals surface area contributed by atoms with Crippen LogP contribution in [0.3, 0.4) is 0 Å². The molecule has 4 atom stereocenters. The number of Topliss-reactive ketones (excluding diaryl/α,β-unsaturated/α-hetero) is 3. The zero-order valence-corrected chi connectivity index (χ0v) is 25.7. The van der Waals surface area contributed by atoms with Crippen LogP contribution < -0.4 is 0 Å². The van der Waals surface area contributed by atoms with Gasteiger partial charge < -0.3 is 14.6 Å². The second-order valence-corrected chi connectivity index (χ2v) is 12.6. The third kappa shape index (κ3) is 9.82. The molecule has 0 heterocycles. The van der Waals surface area contributed by atoms with Crippen molar-refractivity contribution in [2.75, 3.05) is 13.2 Å². The summed E-state index contributed by atoms with van der Waals surface area (Å²) in [4.78, 5) is 60.7. The van der Waals surface area contributed by atoms with Crippen LogP contribution in [0.2, 0.25) is 0 Å². The Hall–Kier alpha value is -3.39. The summed E-state index contributed by atoms with van der Waals surface area (Å²) in [6.45, 7) is 6.68. The highest BCUT2D eigenvalue weighted by molar-refractivity contribution is 6.65. The van der Waals surface area contributed by atoms with E-state index in [0.717, 1.165) is 44.9 Å². The number of ether oxygens (including phenoxy) is 2. The number of benzene rings is 1. The highest BCUT2D eigenvalue weighted by Gasteiger charge is 2.55. The fraction of sp³-hybridized carbons (Fsp3) is 0.571. The van der Waals surface area contributed by atoms with Crippen molar-refractivity contribution in [1.82, 2.24) is 0 Å². The summed E-state index contributed by atoms with van der Waals surface area (Å²) in [5.74, 6) is -4.05. The molecule has 0 amide bonds. The number of hydrogen-bond donors (Lipinski definition) is 1. The van der Waals surface area contributed by atoms with E-state index in [-0.39, 0.29) is 30.0 Å². The normalized spacial score (nSPS) is 22.2. The predicted octanol–water partition coefficient (Wildman–Crippen LogP) is 6.31. The fourth-order valence-corrected chi connectivity index (χ4v) is 5.88. The van der Waals surface area contributed by atoms with E-state index in [0.29, 0.717) is 31.6 Å². The van der Waals surface area contributed by atoms with Gasteiger partial charge in [-0.1, -0.05) is 55.3 Å². The van der Waals surface area contributed by atoms with E-state index in [1.54, 1.807) is 24.3 Å². The molecule has 8 heteroatoms. The molecule has 1 aromatic carbocycles. The molecule has 0 aromatic heterocycles. The zero-order chi connectivity index (χ0) is 31.4. The summed E-state index contributed by atoms with van der Waals surface area (Å²) in [7, 11) is 0. The largest absolute Gasteiger partial charge is 0.478 e. The Kier molecular flexibility index (Phi) is 13.1. The lowest BCUT2D eigenvalue weighted by atomic mass is 9.83. The molecule has 1 N–H and O–H groups in total. The van der Waals surface area contributed by atoms with E-state index in [4.69, 9.17) is 9.47 Å². The van der Waals surface area contributed by atoms with Gasteiger partial charge in [-0.25, -0.2) is 4.79 Å². The number of aromatic carboxylic acids is 1. The summed E-state index contributed by atoms with van der Waals surface area (Å²) in [5, 5.41) is 9.28. The lowest BCUT2D eigenvalue weighted by Crippen LogP contribution is -2.38. The number of ketones is 3. The predicted molar refractivity (Wildman–Crippen MR) is 162 cm³/mol. The minimum atomic E-state index is -0.971. The van der Waals surface area contributed by atoms with Crippen LogP contribution in [0.4, 0.5) is 0 Å². The standard InChI is InChI=1S/C35H46O8/c1-35(2,3)34(41)43-21-15-8-5-4-6-10-18-26-27(29-22-28(26)30(36)32(38)31(29)37)19-11-7-9-14-20-42-23-24-16-12-13-17-25(24)33(39)40/h7,10-13,16-18,26-29H,4-6,8-9,14-15,19-23H2,1-3H3,(H,39,40)/b11-7-,18-10?/t26?,27?,28-,29-/m1/s1. The van der Waals surface area contributed by atoms with E-state index in [1.807, 2.05) is 32.9 Å². The number of esters is 1. The van der Waals surface area contributed by atoms with Gasteiger partial charge in [0.15, 0.2) is 0 Å². The first kappa shape index (κ1) is 34.1. The molecule has 0 aliphatic heterocycles. The van der Waals surface area contributed by atoms with Crippen molar-refractivity contribution >= 4 is 29.3 Å². The highest BCUT2D eigenvalue weighted by Crippen LogP contribution is 2.48. The average Bonchev–Trinajstić information content (AvgIpc) is 3.30. The average molecular weight is 595 g/mol. The maximum Gasteiger partial charge on any atom is 0.336 e. The van der Waals surface area contributed by atoms with Crippen molar-refractivity contribution in [2.24, 2.45) is 29.1 Å². The van der Waals surface area contributed by atoms with Crippen molar-refractivity contribution in [3.63, 3.8) is 0 Å². The minimum Gasteiger partial charge on any atom is -0.478 e. The molecule has 234 valence electrons. The SMILES string of the molecule is CC(C)(C)C(=O)OCCCCCCC=CC1C(C/C=C\CCCOCc2ccccc2C(=O)O)[C@H]2C[C@H]1C(=O)C(=O)C2=O. The number of unbranched alkanes of at least 4 members (excludes halogenated alkanes) is 5. The Balaban J connectivity index is 1.41. The molecule has 2 aliphatic carbocycles.